The second kappa shape index (κ2) is 10.9. The maximum atomic E-state index is 13.4. The van der Waals surface area contributed by atoms with Crippen molar-refractivity contribution in [2.45, 2.75) is 55.4 Å². The van der Waals surface area contributed by atoms with E-state index < -0.39 is 28.3 Å². The summed E-state index contributed by atoms with van der Waals surface area (Å²) < 4.78 is 33.9. The number of hydrogen-bond donors (Lipinski definition) is 2. The highest BCUT2D eigenvalue weighted by Crippen LogP contribution is 2.31. The molecule has 34 heavy (non-hydrogen) atoms. The minimum Gasteiger partial charge on any atom is -0.445 e. The Kier molecular flexibility index (Phi) is 7.88. The Labute approximate surface area is 201 Å². The molecule has 1 amide bonds. The molecule has 8 nitrogen and oxygen atoms in total. The number of aliphatic hydroxyl groups excluding tert-OH is 1. The quantitative estimate of drug-likeness (QED) is 0.621. The Morgan fingerprint density at radius 3 is 2.32 bits per heavy atom. The first-order chi connectivity index (χ1) is 16.3. The van der Waals surface area contributed by atoms with Crippen molar-refractivity contribution in [1.29, 1.82) is 0 Å². The van der Waals surface area contributed by atoms with Gasteiger partial charge in [-0.15, -0.1) is 0 Å². The molecule has 4 atom stereocenters. The van der Waals surface area contributed by atoms with Crippen LogP contribution >= 0.6 is 0 Å². The van der Waals surface area contributed by atoms with Crippen LogP contribution in [0.5, 0.6) is 0 Å². The first-order valence-electron chi connectivity index (χ1n) is 11.8. The number of carbonyl (C=O) groups excluding carboxylic acids is 1. The first kappa shape index (κ1) is 24.7. The molecule has 2 aromatic carbocycles. The summed E-state index contributed by atoms with van der Waals surface area (Å²) in [5.74, 6) is 0.136. The third-order valence-corrected chi connectivity index (χ3v) is 8.80. The Bertz CT molecular complexity index is 1050. The van der Waals surface area contributed by atoms with Crippen LogP contribution in [0.3, 0.4) is 0 Å². The summed E-state index contributed by atoms with van der Waals surface area (Å²) in [4.78, 5) is 14.6. The second-order valence-corrected chi connectivity index (χ2v) is 11.1. The molecule has 1 saturated heterocycles. The molecule has 1 aliphatic heterocycles. The molecule has 1 heterocycles. The van der Waals surface area contributed by atoms with Gasteiger partial charge in [-0.3, -0.25) is 0 Å². The minimum absolute atomic E-state index is 0.0929. The molecule has 2 fully saturated rings. The van der Waals surface area contributed by atoms with E-state index in [0.29, 0.717) is 25.7 Å². The summed E-state index contributed by atoms with van der Waals surface area (Å²) >= 11 is 0. The van der Waals surface area contributed by atoms with Crippen LogP contribution in [0.4, 0.5) is 4.79 Å². The lowest BCUT2D eigenvalue weighted by molar-refractivity contribution is 0.0674. The largest absolute Gasteiger partial charge is 0.445 e. The van der Waals surface area contributed by atoms with E-state index in [1.807, 2.05) is 30.3 Å². The highest BCUT2D eigenvalue weighted by atomic mass is 32.2. The highest BCUT2D eigenvalue weighted by molar-refractivity contribution is 7.89. The van der Waals surface area contributed by atoms with Gasteiger partial charge in [0, 0.05) is 31.7 Å². The van der Waals surface area contributed by atoms with E-state index in [4.69, 9.17) is 10.5 Å². The van der Waals surface area contributed by atoms with Gasteiger partial charge in [-0.25, -0.2) is 13.2 Å². The second-order valence-electron chi connectivity index (χ2n) is 9.20. The van der Waals surface area contributed by atoms with Crippen molar-refractivity contribution in [3.63, 3.8) is 0 Å². The average molecular weight is 488 g/mol. The fourth-order valence-electron chi connectivity index (χ4n) is 4.96. The van der Waals surface area contributed by atoms with Crippen molar-refractivity contribution in [2.24, 2.45) is 11.7 Å². The Balaban J connectivity index is 1.46. The van der Waals surface area contributed by atoms with Gasteiger partial charge in [-0.05, 0) is 49.3 Å². The van der Waals surface area contributed by atoms with Gasteiger partial charge in [0.15, 0.2) is 0 Å². The monoisotopic (exact) mass is 487 g/mol. The van der Waals surface area contributed by atoms with E-state index in [1.165, 1.54) is 4.31 Å². The lowest BCUT2D eigenvalue weighted by atomic mass is 9.95. The molecule has 2 aromatic rings. The van der Waals surface area contributed by atoms with Crippen LogP contribution in [-0.4, -0.2) is 66.6 Å². The van der Waals surface area contributed by atoms with Crippen molar-refractivity contribution in [2.75, 3.05) is 19.6 Å². The summed E-state index contributed by atoms with van der Waals surface area (Å²) in [6.45, 7) is 0.880. The molecular formula is C25H33N3O5S. The summed E-state index contributed by atoms with van der Waals surface area (Å²) in [6.07, 6.45) is 1.59. The predicted molar refractivity (Wildman–Crippen MR) is 128 cm³/mol. The number of benzene rings is 2. The number of carbonyl (C=O) groups is 1. The topological polar surface area (TPSA) is 113 Å². The molecule has 0 aromatic heterocycles. The standard InChI is InChI=1S/C25H33N3O5S/c26-24-16-22(29)15-20(24)11-12-21-17-27(25(30)33-18-19-7-3-1-4-8-19)13-14-28(21)34(31,32)23-9-5-2-6-10-23/h1-10,20-22,24,29H,11-18,26H2. The fourth-order valence-corrected chi connectivity index (χ4v) is 6.62. The summed E-state index contributed by atoms with van der Waals surface area (Å²) in [7, 11) is -3.71. The van der Waals surface area contributed by atoms with Crippen LogP contribution in [-0.2, 0) is 21.4 Å². The van der Waals surface area contributed by atoms with Crippen LogP contribution in [0.25, 0.3) is 0 Å². The van der Waals surface area contributed by atoms with Gasteiger partial charge in [-0.1, -0.05) is 48.5 Å². The number of piperazine rings is 1. The van der Waals surface area contributed by atoms with Crippen LogP contribution in [0.15, 0.2) is 65.6 Å². The number of ether oxygens (including phenoxy) is 1. The maximum Gasteiger partial charge on any atom is 0.410 e. The van der Waals surface area contributed by atoms with Gasteiger partial charge in [0.1, 0.15) is 6.61 Å². The van der Waals surface area contributed by atoms with Gasteiger partial charge in [-0.2, -0.15) is 4.31 Å². The first-order valence-corrected chi connectivity index (χ1v) is 13.2. The van der Waals surface area contributed by atoms with E-state index in [0.717, 1.165) is 5.56 Å². The number of sulfonamides is 1. The zero-order valence-electron chi connectivity index (χ0n) is 19.2. The lowest BCUT2D eigenvalue weighted by Crippen LogP contribution is -2.56. The smallest absolute Gasteiger partial charge is 0.410 e. The Morgan fingerprint density at radius 2 is 1.68 bits per heavy atom. The van der Waals surface area contributed by atoms with Gasteiger partial charge >= 0.3 is 6.09 Å². The number of nitrogens with two attached hydrogens (primary N) is 1. The van der Waals surface area contributed by atoms with Gasteiger partial charge in [0.05, 0.1) is 11.0 Å². The van der Waals surface area contributed by atoms with Gasteiger partial charge in [0.25, 0.3) is 0 Å². The van der Waals surface area contributed by atoms with E-state index in [2.05, 4.69) is 0 Å². The molecule has 4 rings (SSSR count). The summed E-state index contributed by atoms with van der Waals surface area (Å²) in [5, 5.41) is 9.95. The summed E-state index contributed by atoms with van der Waals surface area (Å²) in [5.41, 5.74) is 7.09. The van der Waals surface area contributed by atoms with Gasteiger partial charge < -0.3 is 20.5 Å². The molecule has 0 radical (unpaired) electrons. The molecule has 0 spiro atoms. The number of amides is 1. The third-order valence-electron chi connectivity index (χ3n) is 6.84. The van der Waals surface area contributed by atoms with Crippen molar-refractivity contribution in [3.8, 4) is 0 Å². The average Bonchev–Trinajstić information content (AvgIpc) is 3.18. The molecule has 3 N–H and O–H groups in total. The molecular weight excluding hydrogens is 454 g/mol. The molecule has 1 saturated carbocycles. The number of aliphatic hydroxyl groups is 1. The zero-order chi connectivity index (χ0) is 24.1. The van der Waals surface area contributed by atoms with E-state index in [9.17, 15) is 18.3 Å². The molecule has 184 valence electrons. The van der Waals surface area contributed by atoms with Crippen molar-refractivity contribution < 1.29 is 23.1 Å². The van der Waals surface area contributed by atoms with Crippen LogP contribution in [0.1, 0.15) is 31.2 Å². The Morgan fingerprint density at radius 1 is 1.00 bits per heavy atom. The lowest BCUT2D eigenvalue weighted by Gasteiger charge is -2.40. The number of rotatable bonds is 7. The number of nitrogens with zero attached hydrogens (tertiary/aromatic N) is 2. The molecule has 9 heteroatoms. The van der Waals surface area contributed by atoms with Crippen molar-refractivity contribution in [1.82, 2.24) is 9.21 Å². The minimum atomic E-state index is -3.71. The van der Waals surface area contributed by atoms with Crippen LogP contribution < -0.4 is 5.73 Å². The van der Waals surface area contributed by atoms with Crippen molar-refractivity contribution >= 4 is 16.1 Å². The van der Waals surface area contributed by atoms with Crippen molar-refractivity contribution in [3.05, 3.63) is 66.2 Å². The highest BCUT2D eigenvalue weighted by Gasteiger charge is 2.39. The molecule has 0 bridgehead atoms. The van der Waals surface area contributed by atoms with E-state index in [-0.39, 0.29) is 43.1 Å². The van der Waals surface area contributed by atoms with Crippen LogP contribution in [0, 0.1) is 5.92 Å². The zero-order valence-corrected chi connectivity index (χ0v) is 20.0. The molecule has 2 aliphatic rings. The fraction of sp³-hybridized carbons (Fsp3) is 0.480. The van der Waals surface area contributed by atoms with Crippen LogP contribution in [0.2, 0.25) is 0 Å². The van der Waals surface area contributed by atoms with E-state index >= 15 is 0 Å². The van der Waals surface area contributed by atoms with Gasteiger partial charge in [0.2, 0.25) is 10.0 Å². The van der Waals surface area contributed by atoms with E-state index in [1.54, 1.807) is 35.2 Å². The summed E-state index contributed by atoms with van der Waals surface area (Å²) in [6, 6.07) is 17.3. The Hall–Kier alpha value is -2.46. The SMILES string of the molecule is NC1CC(O)CC1CCC1CN(C(=O)OCc2ccccc2)CCN1S(=O)(=O)c1ccccc1. The normalized spacial score (nSPS) is 25.9. The molecule has 1 aliphatic carbocycles. The predicted octanol–water partition coefficient (Wildman–Crippen LogP) is 2.58. The third kappa shape index (κ3) is 5.78. The maximum absolute atomic E-state index is 13.4. The molecule has 4 unspecified atom stereocenters. The number of hydrogen-bond acceptors (Lipinski definition) is 6.